The van der Waals surface area contributed by atoms with Gasteiger partial charge in [0.15, 0.2) is 17.1 Å². The van der Waals surface area contributed by atoms with Gasteiger partial charge in [-0.1, -0.05) is 6.07 Å². The molecule has 0 radical (unpaired) electrons. The van der Waals surface area contributed by atoms with Gasteiger partial charge in [0.1, 0.15) is 5.75 Å². The molecule has 4 rings (SSSR count). The Balaban J connectivity index is 1.99. The summed E-state index contributed by atoms with van der Waals surface area (Å²) in [5.41, 5.74) is 0.620. The van der Waals surface area contributed by atoms with Crippen LogP contribution >= 0.6 is 0 Å². The number of hydrogen-bond donors (Lipinski definition) is 5. The van der Waals surface area contributed by atoms with Crippen LogP contribution in [0.3, 0.4) is 0 Å². The van der Waals surface area contributed by atoms with Crippen LogP contribution < -0.4 is 5.32 Å². The zero-order chi connectivity index (χ0) is 15.6. The lowest BCUT2D eigenvalue weighted by atomic mass is 9.78. The van der Waals surface area contributed by atoms with E-state index in [-0.39, 0.29) is 23.7 Å². The van der Waals surface area contributed by atoms with E-state index in [1.165, 1.54) is 24.3 Å². The van der Waals surface area contributed by atoms with Gasteiger partial charge in [0.25, 0.3) is 5.91 Å². The van der Waals surface area contributed by atoms with E-state index in [1.807, 2.05) is 0 Å². The van der Waals surface area contributed by atoms with E-state index in [0.29, 0.717) is 22.4 Å². The molecule has 0 bridgehead atoms. The summed E-state index contributed by atoms with van der Waals surface area (Å²) in [6, 6.07) is 7.29. The number of nitrogens with one attached hydrogen (secondary N) is 1. The normalized spacial score (nSPS) is 25.1. The summed E-state index contributed by atoms with van der Waals surface area (Å²) in [4.78, 5) is 12.3. The van der Waals surface area contributed by atoms with Crippen LogP contribution in [0.25, 0.3) is 0 Å². The van der Waals surface area contributed by atoms with Crippen LogP contribution in [-0.4, -0.2) is 31.9 Å². The van der Waals surface area contributed by atoms with Crippen LogP contribution in [0.4, 0.5) is 5.69 Å². The summed E-state index contributed by atoms with van der Waals surface area (Å²) >= 11 is 0. The smallest absolute Gasteiger partial charge is 0.257 e. The number of benzene rings is 2. The first-order chi connectivity index (χ1) is 10.4. The molecule has 2 aliphatic rings. The number of carbonyl (C=O) groups excluding carboxylic acids is 1. The van der Waals surface area contributed by atoms with Gasteiger partial charge in [0, 0.05) is 24.1 Å². The lowest BCUT2D eigenvalue weighted by Crippen LogP contribution is -2.50. The van der Waals surface area contributed by atoms with Crippen LogP contribution in [-0.2, 0) is 11.2 Å². The topological polar surface area (TPSA) is 110 Å². The second-order valence-electron chi connectivity index (χ2n) is 5.80. The Labute approximate surface area is 125 Å². The highest BCUT2D eigenvalue weighted by atomic mass is 16.3. The van der Waals surface area contributed by atoms with E-state index in [0.717, 1.165) is 0 Å². The van der Waals surface area contributed by atoms with Gasteiger partial charge in [0.2, 0.25) is 0 Å². The molecule has 2 aromatic rings. The van der Waals surface area contributed by atoms with E-state index in [1.54, 1.807) is 6.07 Å². The van der Waals surface area contributed by atoms with Gasteiger partial charge in [-0.05, 0) is 34.9 Å². The van der Waals surface area contributed by atoms with Crippen molar-refractivity contribution in [2.75, 3.05) is 5.32 Å². The lowest BCUT2D eigenvalue weighted by Gasteiger charge is -2.35. The van der Waals surface area contributed by atoms with Crippen molar-refractivity contribution < 1.29 is 25.2 Å². The molecular formula is C16H13NO5. The zero-order valence-corrected chi connectivity index (χ0v) is 11.4. The highest BCUT2D eigenvalue weighted by molar-refractivity contribution is 6.03. The van der Waals surface area contributed by atoms with Crippen molar-refractivity contribution in [1.82, 2.24) is 0 Å². The maximum absolute atomic E-state index is 12.3. The molecule has 6 nitrogen and oxygen atoms in total. The van der Waals surface area contributed by atoms with Crippen molar-refractivity contribution in [3.63, 3.8) is 0 Å². The number of hydrogen-bond acceptors (Lipinski definition) is 5. The fraction of sp³-hybridized carbons (Fsp3) is 0.188. The number of anilines is 1. The molecule has 1 aliphatic carbocycles. The van der Waals surface area contributed by atoms with Crippen LogP contribution in [0, 0.1) is 0 Å². The minimum atomic E-state index is -1.67. The molecule has 2 atom stereocenters. The lowest BCUT2D eigenvalue weighted by molar-refractivity contribution is -0.135. The van der Waals surface area contributed by atoms with Crippen molar-refractivity contribution in [2.24, 2.45) is 0 Å². The van der Waals surface area contributed by atoms with E-state index >= 15 is 0 Å². The minimum Gasteiger partial charge on any atom is -0.508 e. The van der Waals surface area contributed by atoms with Gasteiger partial charge < -0.3 is 25.7 Å². The average Bonchev–Trinajstić information content (AvgIpc) is 2.73. The number of rotatable bonds is 0. The molecule has 6 heteroatoms. The first kappa shape index (κ1) is 13.0. The quantitative estimate of drug-likeness (QED) is 0.469. The molecule has 1 amide bonds. The Morgan fingerprint density at radius 3 is 2.55 bits per heavy atom. The number of aliphatic hydroxyl groups is 1. The van der Waals surface area contributed by atoms with E-state index < -0.39 is 17.4 Å². The van der Waals surface area contributed by atoms with E-state index in [2.05, 4.69) is 5.32 Å². The molecule has 5 N–H and O–H groups in total. The summed E-state index contributed by atoms with van der Waals surface area (Å²) in [7, 11) is 0. The highest BCUT2D eigenvalue weighted by Gasteiger charge is 2.54. The first-order valence-corrected chi connectivity index (χ1v) is 6.81. The number of carbonyl (C=O) groups is 1. The number of amides is 1. The Bertz CT molecular complexity index is 832. The Morgan fingerprint density at radius 2 is 1.77 bits per heavy atom. The molecule has 112 valence electrons. The molecule has 1 heterocycles. The molecule has 2 aromatic carbocycles. The number of phenolic OH excluding ortho intramolecular Hbond substituents is 3. The van der Waals surface area contributed by atoms with Crippen molar-refractivity contribution in [3.05, 3.63) is 47.0 Å². The molecule has 0 spiro atoms. The largest absolute Gasteiger partial charge is 0.508 e. The second kappa shape index (κ2) is 3.92. The Kier molecular flexibility index (Phi) is 2.31. The fourth-order valence-electron chi connectivity index (χ4n) is 3.48. The summed E-state index contributed by atoms with van der Waals surface area (Å²) < 4.78 is 0. The third-order valence-electron chi connectivity index (χ3n) is 4.47. The van der Waals surface area contributed by atoms with Crippen LogP contribution in [0.1, 0.15) is 22.6 Å². The zero-order valence-electron chi connectivity index (χ0n) is 11.4. The molecule has 1 aliphatic heterocycles. The molecule has 0 aromatic heterocycles. The number of fused-ring (bicyclic) bond motifs is 5. The van der Waals surface area contributed by atoms with Crippen molar-refractivity contribution in [1.29, 1.82) is 0 Å². The molecular weight excluding hydrogens is 286 g/mol. The summed E-state index contributed by atoms with van der Waals surface area (Å²) in [6.07, 6.45) is 0.0486. The molecule has 0 fully saturated rings. The second-order valence-corrected chi connectivity index (χ2v) is 5.80. The monoisotopic (exact) mass is 299 g/mol. The van der Waals surface area contributed by atoms with Gasteiger partial charge in [-0.25, -0.2) is 0 Å². The summed E-state index contributed by atoms with van der Waals surface area (Å²) in [6.45, 7) is 0. The van der Waals surface area contributed by atoms with Gasteiger partial charge in [-0.2, -0.15) is 0 Å². The standard InChI is InChI=1S/C16H13NO5/c18-8-1-2-9-11(4-8)17-15(21)16(22)6-7-3-12(19)13(20)5-10(7)14(9)16/h1-5,14,18-20,22H,6H2,(H,17,21)/t14-,16-/m1/s1. The minimum absolute atomic E-state index is 0.0104. The summed E-state index contributed by atoms with van der Waals surface area (Å²) in [5, 5.41) is 42.4. The highest BCUT2D eigenvalue weighted by Crippen LogP contribution is 2.52. The maximum Gasteiger partial charge on any atom is 0.257 e. The van der Waals surface area contributed by atoms with Crippen molar-refractivity contribution in [2.45, 2.75) is 17.9 Å². The maximum atomic E-state index is 12.3. The van der Waals surface area contributed by atoms with E-state index in [4.69, 9.17) is 0 Å². The Morgan fingerprint density at radius 1 is 1.05 bits per heavy atom. The van der Waals surface area contributed by atoms with Crippen LogP contribution in [0.5, 0.6) is 17.2 Å². The van der Waals surface area contributed by atoms with E-state index in [9.17, 15) is 25.2 Å². The third kappa shape index (κ3) is 1.50. The van der Waals surface area contributed by atoms with Gasteiger partial charge in [0.05, 0.1) is 0 Å². The molecule has 0 unspecified atom stereocenters. The van der Waals surface area contributed by atoms with Gasteiger partial charge in [-0.15, -0.1) is 0 Å². The average molecular weight is 299 g/mol. The van der Waals surface area contributed by atoms with Gasteiger partial charge in [-0.3, -0.25) is 4.79 Å². The number of aromatic hydroxyl groups is 3. The van der Waals surface area contributed by atoms with Crippen LogP contribution in [0.15, 0.2) is 30.3 Å². The molecule has 0 saturated heterocycles. The molecule has 22 heavy (non-hydrogen) atoms. The first-order valence-electron chi connectivity index (χ1n) is 6.81. The van der Waals surface area contributed by atoms with Crippen LogP contribution in [0.2, 0.25) is 0 Å². The predicted octanol–water partition coefficient (Wildman–Crippen LogP) is 1.17. The Hall–Kier alpha value is -2.73. The summed E-state index contributed by atoms with van der Waals surface area (Å²) in [5.74, 6) is -1.79. The third-order valence-corrected chi connectivity index (χ3v) is 4.47. The predicted molar refractivity (Wildman–Crippen MR) is 77.0 cm³/mol. The van der Waals surface area contributed by atoms with Gasteiger partial charge >= 0.3 is 0 Å². The fourth-order valence-corrected chi connectivity index (χ4v) is 3.48. The van der Waals surface area contributed by atoms with Crippen molar-refractivity contribution >= 4 is 11.6 Å². The SMILES string of the molecule is O=C1Nc2cc(O)ccc2[C@@H]2c3cc(O)c(O)cc3C[C@]12O. The molecule has 0 saturated carbocycles. The number of phenols is 3. The van der Waals surface area contributed by atoms with Crippen molar-refractivity contribution in [3.8, 4) is 17.2 Å².